The van der Waals surface area contributed by atoms with E-state index in [0.29, 0.717) is 25.1 Å². The van der Waals surface area contributed by atoms with Crippen molar-refractivity contribution in [1.29, 1.82) is 0 Å². The highest BCUT2D eigenvalue weighted by Gasteiger charge is 2.04. The van der Waals surface area contributed by atoms with Gasteiger partial charge < -0.3 is 5.32 Å². The van der Waals surface area contributed by atoms with E-state index in [1.165, 1.54) is 0 Å². The van der Waals surface area contributed by atoms with Gasteiger partial charge in [0.15, 0.2) is 0 Å². The van der Waals surface area contributed by atoms with E-state index in [-0.39, 0.29) is 11.8 Å². The molecule has 0 radical (unpaired) electrons. The number of carbonyl (C=O) groups excluding carboxylic acids is 2. The molecule has 0 aliphatic carbocycles. The molecule has 0 saturated heterocycles. The number of benzene rings is 2. The Balaban J connectivity index is 1.60. The first-order chi connectivity index (χ1) is 10.8. The summed E-state index contributed by atoms with van der Waals surface area (Å²) < 4.78 is 0. The molecule has 0 atom stereocenters. The molecule has 2 aromatic carbocycles. The zero-order valence-corrected chi connectivity index (χ0v) is 12.2. The maximum absolute atomic E-state index is 11.7. The van der Waals surface area contributed by atoms with Gasteiger partial charge >= 0.3 is 0 Å². The number of amides is 2. The first-order valence-electron chi connectivity index (χ1n) is 7.14. The van der Waals surface area contributed by atoms with Crippen LogP contribution in [0.15, 0.2) is 60.7 Å². The van der Waals surface area contributed by atoms with Gasteiger partial charge in [-0.05, 0) is 17.7 Å². The van der Waals surface area contributed by atoms with Crippen LogP contribution in [-0.4, -0.2) is 18.4 Å². The Kier molecular flexibility index (Phi) is 6.14. The van der Waals surface area contributed by atoms with Crippen LogP contribution >= 0.6 is 0 Å². The van der Waals surface area contributed by atoms with E-state index >= 15 is 0 Å². The van der Waals surface area contributed by atoms with E-state index in [1.807, 2.05) is 36.4 Å². The average molecular weight is 297 g/mol. The van der Waals surface area contributed by atoms with Crippen molar-refractivity contribution in [3.05, 3.63) is 71.8 Å². The summed E-state index contributed by atoms with van der Waals surface area (Å²) in [7, 11) is 0. The van der Waals surface area contributed by atoms with Gasteiger partial charge in [-0.25, -0.2) is 5.43 Å². The molecule has 0 spiro atoms. The van der Waals surface area contributed by atoms with Crippen LogP contribution in [0.1, 0.15) is 22.3 Å². The van der Waals surface area contributed by atoms with Crippen molar-refractivity contribution in [2.24, 2.45) is 0 Å². The van der Waals surface area contributed by atoms with Gasteiger partial charge in [-0.1, -0.05) is 48.5 Å². The summed E-state index contributed by atoms with van der Waals surface area (Å²) in [5.41, 5.74) is 6.94. The molecule has 0 aromatic heterocycles. The highest BCUT2D eigenvalue weighted by molar-refractivity contribution is 5.93. The summed E-state index contributed by atoms with van der Waals surface area (Å²) in [5, 5.41) is 2.83. The van der Waals surface area contributed by atoms with Gasteiger partial charge in [0.05, 0.1) is 0 Å². The van der Waals surface area contributed by atoms with Crippen molar-refractivity contribution in [2.75, 3.05) is 6.54 Å². The summed E-state index contributed by atoms with van der Waals surface area (Å²) in [6.45, 7) is 0.884. The Morgan fingerprint density at radius 1 is 0.864 bits per heavy atom. The molecule has 2 aromatic rings. The van der Waals surface area contributed by atoms with Crippen molar-refractivity contribution in [2.45, 2.75) is 13.0 Å². The second-order valence-electron chi connectivity index (χ2n) is 4.76. The molecule has 3 N–H and O–H groups in total. The summed E-state index contributed by atoms with van der Waals surface area (Å²) in [6.07, 6.45) is 0.294. The summed E-state index contributed by atoms with van der Waals surface area (Å²) in [4.78, 5) is 23.4. The Hall–Kier alpha value is -2.66. The van der Waals surface area contributed by atoms with Gasteiger partial charge in [-0.2, -0.15) is 0 Å². The van der Waals surface area contributed by atoms with E-state index < -0.39 is 0 Å². The van der Waals surface area contributed by atoms with Crippen molar-refractivity contribution in [3.8, 4) is 0 Å². The van der Waals surface area contributed by atoms with Crippen molar-refractivity contribution in [1.82, 2.24) is 16.2 Å². The fraction of sp³-hybridized carbons (Fsp3) is 0.176. The predicted molar refractivity (Wildman–Crippen MR) is 84.8 cm³/mol. The van der Waals surface area contributed by atoms with Gasteiger partial charge in [0, 0.05) is 25.1 Å². The number of rotatable bonds is 7. The minimum atomic E-state index is -0.217. The average Bonchev–Trinajstić information content (AvgIpc) is 2.58. The monoisotopic (exact) mass is 297 g/mol. The SMILES string of the molecule is O=C(CCNNC(=O)c1ccccc1)NCc1ccccc1. The van der Waals surface area contributed by atoms with Gasteiger partial charge in [0.1, 0.15) is 0 Å². The standard InChI is InChI=1S/C17H19N3O2/c21-16(18-13-14-7-3-1-4-8-14)11-12-19-20-17(22)15-9-5-2-6-10-15/h1-10,19H,11-13H2,(H,18,21)(H,20,22). The van der Waals surface area contributed by atoms with Crippen molar-refractivity contribution < 1.29 is 9.59 Å². The Bertz CT molecular complexity index is 600. The quantitative estimate of drug-likeness (QED) is 0.537. The number of hydrogen-bond acceptors (Lipinski definition) is 3. The Morgan fingerprint density at radius 2 is 1.50 bits per heavy atom. The number of nitrogens with one attached hydrogen (secondary N) is 3. The lowest BCUT2D eigenvalue weighted by atomic mass is 10.2. The van der Waals surface area contributed by atoms with E-state index in [1.54, 1.807) is 24.3 Å². The molecule has 5 heteroatoms. The third kappa shape index (κ3) is 5.38. The molecule has 0 saturated carbocycles. The minimum absolute atomic E-state index is 0.0645. The Morgan fingerprint density at radius 3 is 2.18 bits per heavy atom. The molecule has 114 valence electrons. The smallest absolute Gasteiger partial charge is 0.265 e. The molecule has 5 nitrogen and oxygen atoms in total. The van der Waals surface area contributed by atoms with Crippen LogP contribution in [0.3, 0.4) is 0 Å². The highest BCUT2D eigenvalue weighted by atomic mass is 16.2. The maximum atomic E-state index is 11.7. The van der Waals surface area contributed by atoms with Crippen LogP contribution < -0.4 is 16.2 Å². The van der Waals surface area contributed by atoms with Gasteiger partial charge in [0.2, 0.25) is 5.91 Å². The minimum Gasteiger partial charge on any atom is -0.352 e. The molecule has 2 rings (SSSR count). The van der Waals surface area contributed by atoms with E-state index in [0.717, 1.165) is 5.56 Å². The molecule has 2 amide bonds. The third-order valence-corrected chi connectivity index (χ3v) is 3.05. The molecule has 0 aliphatic rings. The number of hydrogen-bond donors (Lipinski definition) is 3. The first-order valence-corrected chi connectivity index (χ1v) is 7.14. The molecule has 0 heterocycles. The third-order valence-electron chi connectivity index (χ3n) is 3.05. The van der Waals surface area contributed by atoms with Gasteiger partial charge in [0.25, 0.3) is 5.91 Å². The fourth-order valence-electron chi connectivity index (χ4n) is 1.87. The normalized spacial score (nSPS) is 10.0. The molecule has 22 heavy (non-hydrogen) atoms. The lowest BCUT2D eigenvalue weighted by Gasteiger charge is -2.08. The molecule has 0 fully saturated rings. The first kappa shape index (κ1) is 15.7. The van der Waals surface area contributed by atoms with Crippen molar-refractivity contribution in [3.63, 3.8) is 0 Å². The summed E-state index contributed by atoms with van der Waals surface area (Å²) in [6, 6.07) is 18.6. The van der Waals surface area contributed by atoms with Crippen LogP contribution in [0.4, 0.5) is 0 Å². The van der Waals surface area contributed by atoms with Crippen LogP contribution in [0.5, 0.6) is 0 Å². The Labute approximate surface area is 129 Å². The topological polar surface area (TPSA) is 70.2 Å². The summed E-state index contributed by atoms with van der Waals surface area (Å²) in [5.74, 6) is -0.282. The molecule has 0 unspecified atom stereocenters. The van der Waals surface area contributed by atoms with Crippen molar-refractivity contribution >= 4 is 11.8 Å². The largest absolute Gasteiger partial charge is 0.352 e. The highest BCUT2D eigenvalue weighted by Crippen LogP contribution is 1.98. The van der Waals surface area contributed by atoms with Crippen LogP contribution in [0, 0.1) is 0 Å². The van der Waals surface area contributed by atoms with E-state index in [2.05, 4.69) is 16.2 Å². The lowest BCUT2D eigenvalue weighted by molar-refractivity contribution is -0.121. The molecular weight excluding hydrogens is 278 g/mol. The lowest BCUT2D eigenvalue weighted by Crippen LogP contribution is -2.39. The van der Waals surface area contributed by atoms with Crippen LogP contribution in [0.2, 0.25) is 0 Å². The van der Waals surface area contributed by atoms with E-state index in [4.69, 9.17) is 0 Å². The van der Waals surface area contributed by atoms with Crippen LogP contribution in [-0.2, 0) is 11.3 Å². The fourth-order valence-corrected chi connectivity index (χ4v) is 1.87. The molecule has 0 aliphatic heterocycles. The molecular formula is C17H19N3O2. The number of carbonyl (C=O) groups is 2. The second kappa shape index (κ2) is 8.59. The van der Waals surface area contributed by atoms with Crippen LogP contribution in [0.25, 0.3) is 0 Å². The number of hydrazine groups is 1. The predicted octanol–water partition coefficient (Wildman–Crippen LogP) is 1.63. The van der Waals surface area contributed by atoms with Gasteiger partial charge in [-0.15, -0.1) is 0 Å². The zero-order chi connectivity index (χ0) is 15.6. The maximum Gasteiger partial charge on any atom is 0.265 e. The van der Waals surface area contributed by atoms with Gasteiger partial charge in [-0.3, -0.25) is 15.0 Å². The molecule has 0 bridgehead atoms. The second-order valence-corrected chi connectivity index (χ2v) is 4.76. The zero-order valence-electron chi connectivity index (χ0n) is 12.2. The van der Waals surface area contributed by atoms with E-state index in [9.17, 15) is 9.59 Å². The summed E-state index contributed by atoms with van der Waals surface area (Å²) >= 11 is 0.